The number of hydrogen-bond acceptors (Lipinski definition) is 6. The molecular weight excluding hydrogens is 376 g/mol. The summed E-state index contributed by atoms with van der Waals surface area (Å²) in [6, 6.07) is 6.48. The molecule has 1 aromatic carbocycles. The second-order valence-electron chi connectivity index (χ2n) is 7.14. The number of fused-ring (bicyclic) bond motifs is 1. The Morgan fingerprint density at radius 2 is 1.69 bits per heavy atom. The van der Waals surface area contributed by atoms with E-state index in [4.69, 9.17) is 4.74 Å². The lowest BCUT2D eigenvalue weighted by Crippen LogP contribution is -2.39. The number of carbonyl (C=O) groups is 5. The van der Waals surface area contributed by atoms with Crippen LogP contribution in [0.3, 0.4) is 0 Å². The van der Waals surface area contributed by atoms with Crippen molar-refractivity contribution < 1.29 is 28.7 Å². The highest BCUT2D eigenvalue weighted by Gasteiger charge is 2.47. The molecule has 1 aliphatic heterocycles. The highest BCUT2D eigenvalue weighted by molar-refractivity contribution is 6.07. The summed E-state index contributed by atoms with van der Waals surface area (Å²) >= 11 is 0. The number of hydrogen-bond donors (Lipinski definition) is 1. The van der Waals surface area contributed by atoms with E-state index in [0.29, 0.717) is 24.1 Å². The molecule has 1 aliphatic carbocycles. The standard InChI is InChI=1S/C21H22N2O6/c1-12(24)14-7-5-6-10-17(14)22-19(26)13(2)29-18(25)11-23-20(27)15-8-3-4-9-16(15)21(23)28/h3-7,10,13,15-16H,8-9,11H2,1-2H3,(H,22,26)/t13-,15-,16+/m1/s1. The zero-order chi connectivity index (χ0) is 21.1. The highest BCUT2D eigenvalue weighted by atomic mass is 16.5. The first-order valence-electron chi connectivity index (χ1n) is 9.40. The van der Waals surface area contributed by atoms with Gasteiger partial charge in [-0.15, -0.1) is 0 Å². The van der Waals surface area contributed by atoms with Crippen molar-refractivity contribution in [2.24, 2.45) is 11.8 Å². The summed E-state index contributed by atoms with van der Waals surface area (Å²) in [4.78, 5) is 61.9. The minimum Gasteiger partial charge on any atom is -0.451 e. The minimum absolute atomic E-state index is 0.215. The first-order valence-corrected chi connectivity index (χ1v) is 9.40. The van der Waals surface area contributed by atoms with Gasteiger partial charge in [0, 0.05) is 5.56 Å². The quantitative estimate of drug-likeness (QED) is 0.338. The molecule has 0 unspecified atom stereocenters. The van der Waals surface area contributed by atoms with Crippen LogP contribution in [-0.4, -0.2) is 47.0 Å². The number of allylic oxidation sites excluding steroid dienone is 2. The van der Waals surface area contributed by atoms with Crippen LogP contribution in [0.5, 0.6) is 0 Å². The van der Waals surface area contributed by atoms with Crippen LogP contribution in [0.2, 0.25) is 0 Å². The number of rotatable bonds is 6. The molecule has 1 saturated heterocycles. The topological polar surface area (TPSA) is 110 Å². The largest absolute Gasteiger partial charge is 0.451 e. The number of amides is 3. The molecule has 1 fully saturated rings. The lowest BCUT2D eigenvalue weighted by Gasteiger charge is -2.17. The van der Waals surface area contributed by atoms with E-state index in [2.05, 4.69) is 5.32 Å². The van der Waals surface area contributed by atoms with Gasteiger partial charge in [-0.2, -0.15) is 0 Å². The smallest absolute Gasteiger partial charge is 0.326 e. The van der Waals surface area contributed by atoms with E-state index in [1.807, 2.05) is 12.2 Å². The molecule has 0 radical (unpaired) electrons. The third-order valence-corrected chi connectivity index (χ3v) is 5.13. The summed E-state index contributed by atoms with van der Waals surface area (Å²) in [5.74, 6) is -3.30. The van der Waals surface area contributed by atoms with Gasteiger partial charge in [0.25, 0.3) is 5.91 Å². The van der Waals surface area contributed by atoms with E-state index < -0.39 is 36.4 Å². The van der Waals surface area contributed by atoms with Crippen LogP contribution in [0.25, 0.3) is 0 Å². The number of imide groups is 1. The molecule has 3 atom stereocenters. The fourth-order valence-electron chi connectivity index (χ4n) is 3.58. The summed E-state index contributed by atoms with van der Waals surface area (Å²) in [6.07, 6.45) is 3.52. The SMILES string of the molecule is CC(=O)c1ccccc1NC(=O)[C@@H](C)OC(=O)CN1C(=O)[C@H]2CC=CC[C@H]2C1=O. The van der Waals surface area contributed by atoms with Gasteiger partial charge < -0.3 is 10.1 Å². The lowest BCUT2D eigenvalue weighted by molar-refractivity contribution is -0.158. The Kier molecular flexibility index (Phi) is 5.91. The van der Waals surface area contributed by atoms with Crippen molar-refractivity contribution in [3.05, 3.63) is 42.0 Å². The number of benzene rings is 1. The summed E-state index contributed by atoms with van der Waals surface area (Å²) in [7, 11) is 0. The van der Waals surface area contributed by atoms with Crippen LogP contribution < -0.4 is 5.32 Å². The van der Waals surface area contributed by atoms with Gasteiger partial charge in [0.05, 0.1) is 17.5 Å². The fraction of sp³-hybridized carbons (Fsp3) is 0.381. The monoisotopic (exact) mass is 398 g/mol. The van der Waals surface area contributed by atoms with Crippen LogP contribution in [0.1, 0.15) is 37.0 Å². The molecule has 3 rings (SSSR count). The zero-order valence-corrected chi connectivity index (χ0v) is 16.2. The molecule has 0 bridgehead atoms. The van der Waals surface area contributed by atoms with Gasteiger partial charge >= 0.3 is 5.97 Å². The lowest BCUT2D eigenvalue weighted by atomic mass is 9.85. The van der Waals surface area contributed by atoms with Crippen LogP contribution in [0.15, 0.2) is 36.4 Å². The molecule has 1 heterocycles. The Morgan fingerprint density at radius 1 is 1.10 bits per heavy atom. The van der Waals surface area contributed by atoms with Gasteiger partial charge in [-0.05, 0) is 38.8 Å². The number of esters is 1. The molecule has 8 nitrogen and oxygen atoms in total. The van der Waals surface area contributed by atoms with Crippen LogP contribution in [0, 0.1) is 11.8 Å². The number of ether oxygens (including phenoxy) is 1. The average Bonchev–Trinajstić information content (AvgIpc) is 2.93. The second kappa shape index (κ2) is 8.38. The van der Waals surface area contributed by atoms with Gasteiger partial charge in [0.1, 0.15) is 6.54 Å². The Labute approximate surface area is 167 Å². The molecule has 2 aliphatic rings. The molecule has 8 heteroatoms. The van der Waals surface area contributed by atoms with E-state index >= 15 is 0 Å². The van der Waals surface area contributed by atoms with E-state index in [1.165, 1.54) is 13.8 Å². The van der Waals surface area contributed by atoms with E-state index in [1.54, 1.807) is 24.3 Å². The van der Waals surface area contributed by atoms with Gasteiger partial charge in [-0.25, -0.2) is 0 Å². The maximum Gasteiger partial charge on any atom is 0.326 e. The molecular formula is C21H22N2O6. The second-order valence-corrected chi connectivity index (χ2v) is 7.14. The molecule has 1 N–H and O–H groups in total. The molecule has 1 aromatic rings. The number of carbonyl (C=O) groups excluding carboxylic acids is 5. The number of nitrogens with one attached hydrogen (secondary N) is 1. The van der Waals surface area contributed by atoms with Crippen molar-refractivity contribution in [1.82, 2.24) is 4.90 Å². The number of ketones is 1. The van der Waals surface area contributed by atoms with Gasteiger partial charge in [-0.3, -0.25) is 28.9 Å². The molecule has 3 amide bonds. The van der Waals surface area contributed by atoms with Crippen molar-refractivity contribution >= 4 is 35.2 Å². The minimum atomic E-state index is -1.17. The molecule has 152 valence electrons. The van der Waals surface area contributed by atoms with Crippen LogP contribution in [-0.2, 0) is 23.9 Å². The van der Waals surface area contributed by atoms with E-state index in [9.17, 15) is 24.0 Å². The maximum atomic E-state index is 12.4. The number of para-hydroxylation sites is 1. The van der Waals surface area contributed by atoms with Gasteiger partial charge in [-0.1, -0.05) is 24.3 Å². The molecule has 29 heavy (non-hydrogen) atoms. The van der Waals surface area contributed by atoms with Crippen molar-refractivity contribution in [1.29, 1.82) is 0 Å². The van der Waals surface area contributed by atoms with E-state index in [-0.39, 0.29) is 17.6 Å². The Morgan fingerprint density at radius 3 is 2.28 bits per heavy atom. The summed E-state index contributed by atoms with van der Waals surface area (Å²) in [6.45, 7) is 2.24. The Hall–Kier alpha value is -3.29. The first-order chi connectivity index (χ1) is 13.8. The third-order valence-electron chi connectivity index (χ3n) is 5.13. The van der Waals surface area contributed by atoms with Gasteiger partial charge in [0.15, 0.2) is 11.9 Å². The normalized spacial score (nSPS) is 21.5. The number of likely N-dealkylation sites (tertiary alicyclic amines) is 1. The molecule has 0 aromatic heterocycles. The predicted octanol–water partition coefficient (Wildman–Crippen LogP) is 1.71. The number of Topliss-reactive ketones (excluding diaryl/α,β-unsaturated/α-hetero) is 1. The predicted molar refractivity (Wildman–Crippen MR) is 103 cm³/mol. The summed E-state index contributed by atoms with van der Waals surface area (Å²) in [5.41, 5.74) is 0.651. The zero-order valence-electron chi connectivity index (χ0n) is 16.2. The van der Waals surface area contributed by atoms with Crippen molar-refractivity contribution in [2.75, 3.05) is 11.9 Å². The van der Waals surface area contributed by atoms with Crippen LogP contribution in [0.4, 0.5) is 5.69 Å². The molecule has 0 saturated carbocycles. The van der Waals surface area contributed by atoms with Crippen LogP contribution >= 0.6 is 0 Å². The highest BCUT2D eigenvalue weighted by Crippen LogP contribution is 2.34. The van der Waals surface area contributed by atoms with Gasteiger partial charge in [0.2, 0.25) is 11.8 Å². The Balaban J connectivity index is 1.58. The third kappa shape index (κ3) is 4.26. The first kappa shape index (κ1) is 20.4. The molecule has 0 spiro atoms. The fourth-order valence-corrected chi connectivity index (χ4v) is 3.58. The average molecular weight is 398 g/mol. The Bertz CT molecular complexity index is 880. The van der Waals surface area contributed by atoms with Crippen molar-refractivity contribution in [3.8, 4) is 0 Å². The summed E-state index contributed by atoms with van der Waals surface area (Å²) in [5, 5.41) is 2.56. The van der Waals surface area contributed by atoms with Crippen molar-refractivity contribution in [2.45, 2.75) is 32.8 Å². The van der Waals surface area contributed by atoms with Crippen molar-refractivity contribution in [3.63, 3.8) is 0 Å². The number of nitrogens with zero attached hydrogens (tertiary/aromatic N) is 1. The number of anilines is 1. The maximum absolute atomic E-state index is 12.4. The summed E-state index contributed by atoms with van der Waals surface area (Å²) < 4.78 is 5.10. The van der Waals surface area contributed by atoms with E-state index in [0.717, 1.165) is 4.90 Å².